The molecule has 0 unspecified atom stereocenters. The average molecular weight is 533 g/mol. The Hall–Kier alpha value is -4.30. The number of halogens is 2. The highest BCUT2D eigenvalue weighted by Gasteiger charge is 2.18. The molecule has 1 aromatic carbocycles. The van der Waals surface area contributed by atoms with E-state index in [1.165, 1.54) is 17.9 Å². The van der Waals surface area contributed by atoms with Gasteiger partial charge in [-0.05, 0) is 17.7 Å². The van der Waals surface area contributed by atoms with E-state index in [1.54, 1.807) is 25.2 Å². The van der Waals surface area contributed by atoms with Crippen molar-refractivity contribution in [2.45, 2.75) is 13.0 Å². The van der Waals surface area contributed by atoms with Crippen LogP contribution in [-0.2, 0) is 36.6 Å². The van der Waals surface area contributed by atoms with Crippen LogP contribution < -0.4 is 27.6 Å². The summed E-state index contributed by atoms with van der Waals surface area (Å²) in [4.78, 5) is 66.0. The number of nitrogens with one attached hydrogen (secondary N) is 2. The van der Waals surface area contributed by atoms with Crippen LogP contribution in [-0.4, -0.2) is 45.5 Å². The second-order valence-electron chi connectivity index (χ2n) is 7.57. The Bertz CT molecular complexity index is 1620. The van der Waals surface area contributed by atoms with E-state index in [4.69, 9.17) is 28.9 Å². The summed E-state index contributed by atoms with van der Waals surface area (Å²) in [6.07, 6.45) is 1.22. The lowest BCUT2D eigenvalue weighted by Gasteiger charge is -2.10. The first-order valence-electron chi connectivity index (χ1n) is 10.2. The molecular weight excluding hydrogens is 515 g/mol. The van der Waals surface area contributed by atoms with Crippen LogP contribution in [0.25, 0.3) is 11.2 Å². The molecule has 0 spiro atoms. The summed E-state index contributed by atoms with van der Waals surface area (Å²) in [5.41, 5.74) is 5.00. The first kappa shape index (κ1) is 24.8. The Morgan fingerprint density at radius 2 is 1.61 bits per heavy atom. The first-order valence-corrected chi connectivity index (χ1v) is 11.0. The van der Waals surface area contributed by atoms with Crippen molar-refractivity contribution in [3.8, 4) is 0 Å². The molecule has 186 valence electrons. The zero-order chi connectivity index (χ0) is 26.1. The van der Waals surface area contributed by atoms with E-state index >= 15 is 0 Å². The Kier molecular flexibility index (Phi) is 6.72. The largest absolute Gasteiger partial charge is 0.368 e. The summed E-state index contributed by atoms with van der Waals surface area (Å²) < 4.78 is 3.35. The van der Waals surface area contributed by atoms with Gasteiger partial charge in [0, 0.05) is 24.1 Å². The van der Waals surface area contributed by atoms with Crippen LogP contribution in [0.2, 0.25) is 10.0 Å². The standard InChI is InChI=1S/C20H18Cl2N10O4/c1-30-8-24-15-14(30)16(35)32(20(36)31(15)2)7-13(34)26-19-28-17(23)27-18(29-19)25-12(33)6-9-10(21)4-3-5-11(9)22/h3-5,8H,6-7H2,1-2H3,(H4,23,25,26,27,28,29,33,34). The van der Waals surface area contributed by atoms with Crippen molar-refractivity contribution in [3.05, 3.63) is 61.0 Å². The number of hydrogen-bond donors (Lipinski definition) is 3. The monoisotopic (exact) mass is 532 g/mol. The summed E-state index contributed by atoms with van der Waals surface area (Å²) in [5, 5.41) is 5.39. The molecule has 0 aliphatic carbocycles. The molecule has 0 aliphatic rings. The molecule has 36 heavy (non-hydrogen) atoms. The number of fused-ring (bicyclic) bond motifs is 1. The number of imidazole rings is 1. The number of aryl methyl sites for hydroxylation is 2. The summed E-state index contributed by atoms with van der Waals surface area (Å²) in [6.45, 7) is -0.634. The Balaban J connectivity index is 1.52. The molecule has 2 amide bonds. The predicted octanol–water partition coefficient (Wildman–Crippen LogP) is 0.328. The number of nitrogens with zero attached hydrogens (tertiary/aromatic N) is 7. The van der Waals surface area contributed by atoms with Gasteiger partial charge in [0.2, 0.25) is 29.7 Å². The van der Waals surface area contributed by atoms with Crippen LogP contribution >= 0.6 is 23.2 Å². The topological polar surface area (TPSA) is 185 Å². The van der Waals surface area contributed by atoms with Gasteiger partial charge in [-0.2, -0.15) is 15.0 Å². The van der Waals surface area contributed by atoms with E-state index in [-0.39, 0.29) is 35.4 Å². The molecule has 14 nitrogen and oxygen atoms in total. The molecule has 0 aliphatic heterocycles. The maximum atomic E-state index is 12.8. The van der Waals surface area contributed by atoms with E-state index in [2.05, 4.69) is 30.6 Å². The fraction of sp³-hybridized carbons (Fsp3) is 0.200. The number of rotatable bonds is 6. The molecule has 3 heterocycles. The van der Waals surface area contributed by atoms with Crippen molar-refractivity contribution in [1.29, 1.82) is 0 Å². The van der Waals surface area contributed by atoms with Gasteiger partial charge in [0.05, 0.1) is 12.7 Å². The molecule has 0 atom stereocenters. The molecule has 0 bridgehead atoms. The van der Waals surface area contributed by atoms with Gasteiger partial charge in [-0.1, -0.05) is 29.3 Å². The van der Waals surface area contributed by atoms with Crippen molar-refractivity contribution in [1.82, 2.24) is 33.6 Å². The number of carbonyl (C=O) groups is 2. The Morgan fingerprint density at radius 3 is 2.25 bits per heavy atom. The third-order valence-corrected chi connectivity index (χ3v) is 5.77. The van der Waals surface area contributed by atoms with Crippen molar-refractivity contribution < 1.29 is 9.59 Å². The number of nitrogens with two attached hydrogens (primary N) is 1. The number of amides is 2. The molecule has 16 heteroatoms. The molecule has 0 saturated heterocycles. The van der Waals surface area contributed by atoms with E-state index in [0.29, 0.717) is 15.6 Å². The minimum absolute atomic E-state index is 0.151. The summed E-state index contributed by atoms with van der Waals surface area (Å²) in [7, 11) is 3.03. The number of carbonyl (C=O) groups excluding carboxylic acids is 2. The van der Waals surface area contributed by atoms with Gasteiger partial charge >= 0.3 is 5.69 Å². The minimum Gasteiger partial charge on any atom is -0.368 e. The molecule has 0 fully saturated rings. The highest BCUT2D eigenvalue weighted by atomic mass is 35.5. The van der Waals surface area contributed by atoms with Crippen LogP contribution in [0.15, 0.2) is 34.1 Å². The third-order valence-electron chi connectivity index (χ3n) is 5.06. The molecule has 4 rings (SSSR count). The minimum atomic E-state index is -0.790. The second kappa shape index (κ2) is 9.75. The van der Waals surface area contributed by atoms with Gasteiger partial charge in [0.1, 0.15) is 6.54 Å². The predicted molar refractivity (Wildman–Crippen MR) is 132 cm³/mol. The van der Waals surface area contributed by atoms with Gasteiger partial charge in [-0.3, -0.25) is 29.6 Å². The van der Waals surface area contributed by atoms with E-state index < -0.39 is 29.6 Å². The van der Waals surface area contributed by atoms with E-state index in [9.17, 15) is 19.2 Å². The maximum Gasteiger partial charge on any atom is 0.332 e. The van der Waals surface area contributed by atoms with Crippen LogP contribution in [0.4, 0.5) is 17.8 Å². The lowest BCUT2D eigenvalue weighted by atomic mass is 10.1. The van der Waals surface area contributed by atoms with Gasteiger partial charge < -0.3 is 10.3 Å². The number of aromatic nitrogens is 7. The van der Waals surface area contributed by atoms with Crippen molar-refractivity contribution in [2.75, 3.05) is 16.4 Å². The highest BCUT2D eigenvalue weighted by Crippen LogP contribution is 2.25. The van der Waals surface area contributed by atoms with Gasteiger partial charge in [0.25, 0.3) is 5.56 Å². The highest BCUT2D eigenvalue weighted by molar-refractivity contribution is 6.36. The van der Waals surface area contributed by atoms with Crippen LogP contribution in [0.3, 0.4) is 0 Å². The van der Waals surface area contributed by atoms with Crippen LogP contribution in [0.1, 0.15) is 5.56 Å². The van der Waals surface area contributed by atoms with Crippen molar-refractivity contribution in [2.24, 2.45) is 14.1 Å². The van der Waals surface area contributed by atoms with Gasteiger partial charge in [-0.15, -0.1) is 0 Å². The maximum absolute atomic E-state index is 12.8. The molecule has 3 aromatic heterocycles. The summed E-state index contributed by atoms with van der Waals surface area (Å²) in [5.74, 6) is -2.18. The lowest BCUT2D eigenvalue weighted by molar-refractivity contribution is -0.117. The Labute approximate surface area is 211 Å². The molecule has 0 radical (unpaired) electrons. The van der Waals surface area contributed by atoms with E-state index in [0.717, 1.165) is 9.13 Å². The normalized spacial score (nSPS) is 11.0. The number of benzene rings is 1. The van der Waals surface area contributed by atoms with Gasteiger partial charge in [0.15, 0.2) is 11.2 Å². The summed E-state index contributed by atoms with van der Waals surface area (Å²) in [6, 6.07) is 4.83. The van der Waals surface area contributed by atoms with E-state index in [1.807, 2.05) is 0 Å². The third kappa shape index (κ3) is 4.89. The van der Waals surface area contributed by atoms with Crippen molar-refractivity contribution >= 4 is 64.0 Å². The zero-order valence-corrected chi connectivity index (χ0v) is 20.3. The number of nitrogen functional groups attached to an aromatic ring is 1. The first-order chi connectivity index (χ1) is 17.0. The molecular formula is C20H18Cl2N10O4. The number of anilines is 3. The lowest BCUT2D eigenvalue weighted by Crippen LogP contribution is -2.42. The smallest absolute Gasteiger partial charge is 0.332 e. The van der Waals surface area contributed by atoms with Gasteiger partial charge in [-0.25, -0.2) is 14.3 Å². The zero-order valence-electron chi connectivity index (χ0n) is 18.8. The van der Waals surface area contributed by atoms with Crippen LogP contribution in [0, 0.1) is 0 Å². The second-order valence-corrected chi connectivity index (χ2v) is 8.39. The van der Waals surface area contributed by atoms with Crippen molar-refractivity contribution in [3.63, 3.8) is 0 Å². The number of hydrogen-bond acceptors (Lipinski definition) is 9. The molecule has 4 aromatic rings. The quantitative estimate of drug-likeness (QED) is 0.314. The summed E-state index contributed by atoms with van der Waals surface area (Å²) >= 11 is 12.2. The fourth-order valence-electron chi connectivity index (χ4n) is 3.38. The molecule has 0 saturated carbocycles. The molecule has 4 N–H and O–H groups in total. The fourth-order valence-corrected chi connectivity index (χ4v) is 3.91. The Morgan fingerprint density at radius 1 is 1.00 bits per heavy atom. The van der Waals surface area contributed by atoms with Crippen LogP contribution in [0.5, 0.6) is 0 Å². The SMILES string of the molecule is Cn1cnc2c1c(=O)n(CC(=O)Nc1nc(N)nc(NC(=O)Cc3c(Cl)cccc3Cl)n1)c(=O)n2C. The average Bonchev–Trinajstić information content (AvgIpc) is 3.19.